The fourth-order valence-electron chi connectivity index (χ4n) is 3.88. The van der Waals surface area contributed by atoms with E-state index < -0.39 is 17.1 Å². The zero-order valence-electron chi connectivity index (χ0n) is 16.8. The number of amides is 2. The molecular weight excluding hydrogens is 398 g/mol. The van der Waals surface area contributed by atoms with Gasteiger partial charge in [0, 0.05) is 5.02 Å². The Labute approximate surface area is 181 Å². The number of carbonyl (C=O) groups is 2. The Morgan fingerprint density at radius 1 is 0.767 bits per heavy atom. The Hall–Kier alpha value is -2.95. The molecule has 1 saturated heterocycles. The summed E-state index contributed by atoms with van der Waals surface area (Å²) in [6.45, 7) is 3.58. The number of hydrogen-bond acceptors (Lipinski definition) is 3. The van der Waals surface area contributed by atoms with E-state index >= 15 is 0 Å². The first-order valence-corrected chi connectivity index (χ1v) is 10.1. The predicted octanol–water partition coefficient (Wildman–Crippen LogP) is 4.95. The van der Waals surface area contributed by atoms with Gasteiger partial charge in [-0.2, -0.15) is 0 Å². The lowest BCUT2D eigenvalue weighted by Gasteiger charge is -2.48. The van der Waals surface area contributed by atoms with E-state index in [1.165, 1.54) is 4.90 Å². The van der Waals surface area contributed by atoms with Crippen LogP contribution in [-0.2, 0) is 26.5 Å². The van der Waals surface area contributed by atoms with E-state index in [0.29, 0.717) is 16.1 Å². The van der Waals surface area contributed by atoms with Crippen LogP contribution in [-0.4, -0.2) is 22.3 Å². The van der Waals surface area contributed by atoms with Gasteiger partial charge in [0.25, 0.3) is 11.8 Å². The van der Waals surface area contributed by atoms with E-state index in [0.717, 1.165) is 5.56 Å². The van der Waals surface area contributed by atoms with Gasteiger partial charge in [-0.15, -0.1) is 0 Å². The van der Waals surface area contributed by atoms with E-state index in [1.54, 1.807) is 38.1 Å². The lowest BCUT2D eigenvalue weighted by atomic mass is 9.81. The summed E-state index contributed by atoms with van der Waals surface area (Å²) in [5.41, 5.74) is -0.511. The van der Waals surface area contributed by atoms with Crippen molar-refractivity contribution in [2.75, 3.05) is 0 Å². The Kier molecular flexibility index (Phi) is 5.22. The molecule has 5 heteroatoms. The molecule has 1 aliphatic rings. The molecule has 1 unspecified atom stereocenters. The van der Waals surface area contributed by atoms with Crippen LogP contribution in [0.2, 0.25) is 5.02 Å². The number of carbonyl (C=O) groups excluding carboxylic acids is 2. The monoisotopic (exact) mass is 419 g/mol. The third-order valence-electron chi connectivity index (χ3n) is 5.33. The van der Waals surface area contributed by atoms with Gasteiger partial charge in [-0.25, -0.2) is 0 Å². The molecule has 3 aromatic carbocycles. The highest BCUT2D eigenvalue weighted by Gasteiger charge is 2.57. The number of benzene rings is 3. The zero-order chi connectivity index (χ0) is 21.4. The zero-order valence-corrected chi connectivity index (χ0v) is 17.6. The number of morpholine rings is 1. The van der Waals surface area contributed by atoms with E-state index in [1.807, 2.05) is 60.7 Å². The van der Waals surface area contributed by atoms with Crippen molar-refractivity contribution in [3.05, 3.63) is 107 Å². The van der Waals surface area contributed by atoms with Crippen molar-refractivity contribution in [1.82, 2.24) is 4.90 Å². The van der Waals surface area contributed by atoms with Crippen LogP contribution in [0.3, 0.4) is 0 Å². The van der Waals surface area contributed by atoms with Crippen LogP contribution in [0.4, 0.5) is 0 Å². The van der Waals surface area contributed by atoms with Crippen molar-refractivity contribution in [2.24, 2.45) is 0 Å². The molecule has 4 nitrogen and oxygen atoms in total. The molecule has 0 spiro atoms. The normalized spacial score (nSPS) is 21.0. The number of rotatable bonds is 4. The highest BCUT2D eigenvalue weighted by molar-refractivity contribution is 6.30. The molecule has 0 N–H and O–H groups in total. The maximum atomic E-state index is 14.0. The van der Waals surface area contributed by atoms with Crippen LogP contribution < -0.4 is 0 Å². The number of ether oxygens (including phenoxy) is 1. The van der Waals surface area contributed by atoms with Gasteiger partial charge in [-0.3, -0.25) is 14.5 Å². The number of halogens is 1. The molecule has 4 rings (SSSR count). The van der Waals surface area contributed by atoms with Gasteiger partial charge in [0.15, 0.2) is 5.60 Å². The molecule has 1 heterocycles. The molecule has 1 fully saturated rings. The standard InChI is InChI=1S/C25H22ClNO3/c1-24(2)22(28)27(17-18-9-5-3-6-10-18)23(29)25(30-24,19-11-7-4-8-12-19)20-13-15-21(26)16-14-20/h3-16H,17H2,1-2H3. The summed E-state index contributed by atoms with van der Waals surface area (Å²) in [6.07, 6.45) is 0. The Balaban J connectivity index is 1.91. The number of hydrogen-bond donors (Lipinski definition) is 0. The van der Waals surface area contributed by atoms with Gasteiger partial charge in [0.2, 0.25) is 0 Å². The quantitative estimate of drug-likeness (QED) is 0.562. The SMILES string of the molecule is CC1(C)OC(c2ccccc2)(c2ccc(Cl)cc2)C(=O)N(Cc2ccccc2)C1=O. The third-order valence-corrected chi connectivity index (χ3v) is 5.58. The first kappa shape index (κ1) is 20.3. The summed E-state index contributed by atoms with van der Waals surface area (Å²) in [5.74, 6) is -0.777. The van der Waals surface area contributed by atoms with Gasteiger partial charge in [-0.1, -0.05) is 84.4 Å². The molecule has 0 saturated carbocycles. The van der Waals surface area contributed by atoms with Gasteiger partial charge in [0.05, 0.1) is 6.54 Å². The minimum absolute atomic E-state index is 0.174. The van der Waals surface area contributed by atoms with Crippen molar-refractivity contribution >= 4 is 23.4 Å². The lowest BCUT2D eigenvalue weighted by molar-refractivity contribution is -0.206. The molecule has 30 heavy (non-hydrogen) atoms. The smallest absolute Gasteiger partial charge is 0.271 e. The molecule has 0 bridgehead atoms. The number of nitrogens with zero attached hydrogens (tertiary/aromatic N) is 1. The Morgan fingerprint density at radius 3 is 1.90 bits per heavy atom. The van der Waals surface area contributed by atoms with Gasteiger partial charge in [-0.05, 0) is 42.7 Å². The summed E-state index contributed by atoms with van der Waals surface area (Å²) in [5, 5.41) is 0.557. The molecular formula is C25H22ClNO3. The second kappa shape index (κ2) is 7.71. The highest BCUT2D eigenvalue weighted by atomic mass is 35.5. The van der Waals surface area contributed by atoms with Crippen LogP contribution in [0.1, 0.15) is 30.5 Å². The van der Waals surface area contributed by atoms with Gasteiger partial charge in [0.1, 0.15) is 5.60 Å². The predicted molar refractivity (Wildman–Crippen MR) is 116 cm³/mol. The second-order valence-corrected chi connectivity index (χ2v) is 8.28. The van der Waals surface area contributed by atoms with Crippen LogP contribution in [0.5, 0.6) is 0 Å². The molecule has 1 atom stereocenters. The van der Waals surface area contributed by atoms with Crippen LogP contribution in [0, 0.1) is 0 Å². The third kappa shape index (κ3) is 3.42. The fourth-order valence-corrected chi connectivity index (χ4v) is 4.00. The second-order valence-electron chi connectivity index (χ2n) is 7.85. The summed E-state index contributed by atoms with van der Waals surface area (Å²) >= 11 is 6.10. The minimum Gasteiger partial charge on any atom is -0.340 e. The Bertz CT molecular complexity index is 1060. The molecule has 0 aromatic heterocycles. The molecule has 0 aliphatic carbocycles. The molecule has 1 aliphatic heterocycles. The van der Waals surface area contributed by atoms with Gasteiger partial charge < -0.3 is 4.74 Å². The van der Waals surface area contributed by atoms with E-state index in [4.69, 9.17) is 16.3 Å². The maximum absolute atomic E-state index is 14.0. The Morgan fingerprint density at radius 2 is 1.30 bits per heavy atom. The largest absolute Gasteiger partial charge is 0.340 e. The van der Waals surface area contributed by atoms with Crippen molar-refractivity contribution in [2.45, 2.75) is 31.6 Å². The molecule has 3 aromatic rings. The number of imide groups is 1. The van der Waals surface area contributed by atoms with Crippen molar-refractivity contribution in [3.8, 4) is 0 Å². The maximum Gasteiger partial charge on any atom is 0.271 e. The molecule has 2 amide bonds. The van der Waals surface area contributed by atoms with E-state index in [-0.39, 0.29) is 12.5 Å². The van der Waals surface area contributed by atoms with E-state index in [9.17, 15) is 9.59 Å². The van der Waals surface area contributed by atoms with Crippen molar-refractivity contribution < 1.29 is 14.3 Å². The van der Waals surface area contributed by atoms with Crippen LogP contribution in [0.25, 0.3) is 0 Å². The first-order chi connectivity index (χ1) is 14.3. The average molecular weight is 420 g/mol. The minimum atomic E-state index is -1.46. The fraction of sp³-hybridized carbons (Fsp3) is 0.200. The first-order valence-electron chi connectivity index (χ1n) is 9.77. The highest BCUT2D eigenvalue weighted by Crippen LogP contribution is 2.44. The average Bonchev–Trinajstić information content (AvgIpc) is 2.76. The molecule has 0 radical (unpaired) electrons. The van der Waals surface area contributed by atoms with Crippen LogP contribution >= 0.6 is 11.6 Å². The van der Waals surface area contributed by atoms with Crippen molar-refractivity contribution in [3.63, 3.8) is 0 Å². The summed E-state index contributed by atoms with van der Waals surface area (Å²) in [6, 6.07) is 25.8. The lowest BCUT2D eigenvalue weighted by Crippen LogP contribution is -2.64. The summed E-state index contributed by atoms with van der Waals surface area (Å²) in [7, 11) is 0. The van der Waals surface area contributed by atoms with Gasteiger partial charge >= 0.3 is 0 Å². The topological polar surface area (TPSA) is 46.6 Å². The van der Waals surface area contributed by atoms with Crippen LogP contribution in [0.15, 0.2) is 84.9 Å². The summed E-state index contributed by atoms with van der Waals surface area (Å²) in [4.78, 5) is 28.5. The summed E-state index contributed by atoms with van der Waals surface area (Å²) < 4.78 is 6.38. The van der Waals surface area contributed by atoms with Crippen molar-refractivity contribution in [1.29, 1.82) is 0 Å². The molecule has 152 valence electrons. The van der Waals surface area contributed by atoms with E-state index in [2.05, 4.69) is 0 Å².